The summed E-state index contributed by atoms with van der Waals surface area (Å²) >= 11 is 0. The van der Waals surface area contributed by atoms with E-state index in [1.54, 1.807) is 0 Å². The maximum absolute atomic E-state index is 8.65. The molecule has 0 aliphatic carbocycles. The van der Waals surface area contributed by atoms with Gasteiger partial charge in [-0.1, -0.05) is 38.7 Å². The molecule has 0 aliphatic rings. The lowest BCUT2D eigenvalue weighted by molar-refractivity contribution is 0.335. The van der Waals surface area contributed by atoms with Gasteiger partial charge in [-0.2, -0.15) is 0 Å². The van der Waals surface area contributed by atoms with Gasteiger partial charge in [0.15, 0.2) is 0 Å². The highest BCUT2D eigenvalue weighted by Gasteiger charge is 2.09. The molecule has 0 fully saturated rings. The monoisotopic (exact) mass is 166 g/mol. The van der Waals surface area contributed by atoms with E-state index in [4.69, 9.17) is 5.11 Å². The van der Waals surface area contributed by atoms with Gasteiger partial charge in [0, 0.05) is 0 Å². The number of rotatable bonds is 5. The van der Waals surface area contributed by atoms with Crippen molar-refractivity contribution in [3.05, 3.63) is 37.0 Å². The second-order valence-electron chi connectivity index (χ2n) is 3.62. The average molecular weight is 166 g/mol. The number of allylic oxidation sites excluding steroid dienone is 2. The first-order chi connectivity index (χ1) is 5.52. The first-order valence-corrected chi connectivity index (χ1v) is 4.10. The van der Waals surface area contributed by atoms with Crippen molar-refractivity contribution >= 4 is 0 Å². The summed E-state index contributed by atoms with van der Waals surface area (Å²) in [6.45, 7) is 11.7. The van der Waals surface area contributed by atoms with Crippen LogP contribution < -0.4 is 0 Å². The summed E-state index contributed by atoms with van der Waals surface area (Å²) in [5, 5.41) is 8.65. The average Bonchev–Trinajstić information content (AvgIpc) is 2.04. The van der Waals surface area contributed by atoms with E-state index in [-0.39, 0.29) is 12.0 Å². The molecule has 0 spiro atoms. The minimum atomic E-state index is 0.0328. The highest BCUT2D eigenvalue weighted by atomic mass is 16.3. The Morgan fingerprint density at radius 3 is 2.50 bits per heavy atom. The third kappa shape index (κ3) is 4.91. The van der Waals surface area contributed by atoms with Gasteiger partial charge >= 0.3 is 0 Å². The molecule has 0 saturated heterocycles. The predicted molar refractivity (Wildman–Crippen MR) is 54.0 cm³/mol. The first-order valence-electron chi connectivity index (χ1n) is 4.10. The topological polar surface area (TPSA) is 20.2 Å². The van der Waals surface area contributed by atoms with E-state index in [0.717, 1.165) is 12.0 Å². The molecule has 68 valence electrons. The van der Waals surface area contributed by atoms with Crippen LogP contribution in [0.5, 0.6) is 0 Å². The molecule has 0 heterocycles. The zero-order valence-electron chi connectivity index (χ0n) is 8.01. The smallest absolute Gasteiger partial charge is 0.0676 e. The number of aliphatic hydroxyl groups is 1. The van der Waals surface area contributed by atoms with Crippen LogP contribution in [0.4, 0.5) is 0 Å². The molecular formula is C11H18O. The lowest BCUT2D eigenvalue weighted by Gasteiger charge is -2.16. The van der Waals surface area contributed by atoms with E-state index in [2.05, 4.69) is 27.0 Å². The Hall–Kier alpha value is -0.820. The summed E-state index contributed by atoms with van der Waals surface area (Å²) in [4.78, 5) is 0. The standard InChI is InChI=1S/C11H18O/c1-5-11(3,4)8-6-7-10(2)9-12/h5-7,12H,1-2,8-9H2,3-4H3. The zero-order chi connectivity index (χ0) is 9.61. The minimum absolute atomic E-state index is 0.0328. The van der Waals surface area contributed by atoms with Crippen molar-refractivity contribution in [2.45, 2.75) is 20.3 Å². The fourth-order valence-electron chi connectivity index (χ4n) is 0.665. The maximum Gasteiger partial charge on any atom is 0.0676 e. The molecule has 0 bridgehead atoms. The molecule has 0 unspecified atom stereocenters. The number of hydrogen-bond donors (Lipinski definition) is 1. The lowest BCUT2D eigenvalue weighted by atomic mass is 9.89. The SMILES string of the molecule is C=CC(C)(C)CC=CC(=C)CO. The maximum atomic E-state index is 8.65. The highest BCUT2D eigenvalue weighted by Crippen LogP contribution is 2.21. The molecule has 0 radical (unpaired) electrons. The van der Waals surface area contributed by atoms with Gasteiger partial charge in [-0.3, -0.25) is 0 Å². The van der Waals surface area contributed by atoms with Gasteiger partial charge in [0.25, 0.3) is 0 Å². The lowest BCUT2D eigenvalue weighted by Crippen LogP contribution is -2.04. The summed E-state index contributed by atoms with van der Waals surface area (Å²) in [5.41, 5.74) is 0.876. The van der Waals surface area contributed by atoms with E-state index < -0.39 is 0 Å². The second kappa shape index (κ2) is 4.94. The molecule has 1 heteroatoms. The van der Waals surface area contributed by atoms with Crippen molar-refractivity contribution in [2.24, 2.45) is 5.41 Å². The molecule has 1 nitrogen and oxygen atoms in total. The molecule has 12 heavy (non-hydrogen) atoms. The van der Waals surface area contributed by atoms with E-state index >= 15 is 0 Å². The van der Waals surface area contributed by atoms with Crippen LogP contribution in [0.25, 0.3) is 0 Å². The van der Waals surface area contributed by atoms with Crippen LogP contribution in [-0.2, 0) is 0 Å². The zero-order valence-corrected chi connectivity index (χ0v) is 8.01. The largest absolute Gasteiger partial charge is 0.392 e. The summed E-state index contributed by atoms with van der Waals surface area (Å²) < 4.78 is 0. The van der Waals surface area contributed by atoms with Crippen molar-refractivity contribution < 1.29 is 5.11 Å². The van der Waals surface area contributed by atoms with Gasteiger partial charge in [0.1, 0.15) is 0 Å². The van der Waals surface area contributed by atoms with Crippen LogP contribution >= 0.6 is 0 Å². The van der Waals surface area contributed by atoms with Gasteiger partial charge in [-0.05, 0) is 17.4 Å². The third-order valence-electron chi connectivity index (χ3n) is 1.75. The molecule has 0 aromatic rings. The van der Waals surface area contributed by atoms with Gasteiger partial charge in [0.05, 0.1) is 6.61 Å². The van der Waals surface area contributed by atoms with Gasteiger partial charge < -0.3 is 5.11 Å². The van der Waals surface area contributed by atoms with E-state index in [0.29, 0.717) is 0 Å². The van der Waals surface area contributed by atoms with Crippen molar-refractivity contribution in [3.63, 3.8) is 0 Å². The third-order valence-corrected chi connectivity index (χ3v) is 1.75. The number of hydrogen-bond acceptors (Lipinski definition) is 1. The quantitative estimate of drug-likeness (QED) is 0.492. The summed E-state index contributed by atoms with van der Waals surface area (Å²) in [6, 6.07) is 0. The minimum Gasteiger partial charge on any atom is -0.392 e. The van der Waals surface area contributed by atoms with Crippen LogP contribution in [-0.4, -0.2) is 11.7 Å². The summed E-state index contributed by atoms with van der Waals surface area (Å²) in [7, 11) is 0. The molecular weight excluding hydrogens is 148 g/mol. The number of aliphatic hydroxyl groups excluding tert-OH is 1. The normalized spacial score (nSPS) is 11.9. The van der Waals surface area contributed by atoms with E-state index in [1.165, 1.54) is 0 Å². The van der Waals surface area contributed by atoms with Gasteiger partial charge in [0.2, 0.25) is 0 Å². The van der Waals surface area contributed by atoms with Crippen LogP contribution in [0.1, 0.15) is 20.3 Å². The Morgan fingerprint density at radius 1 is 1.50 bits per heavy atom. The highest BCUT2D eigenvalue weighted by molar-refractivity contribution is 5.15. The summed E-state index contributed by atoms with van der Waals surface area (Å²) in [6.07, 6.45) is 6.72. The van der Waals surface area contributed by atoms with Gasteiger partial charge in [-0.15, -0.1) is 6.58 Å². The predicted octanol–water partition coefficient (Wildman–Crippen LogP) is 2.69. The molecule has 0 aromatic carbocycles. The van der Waals surface area contributed by atoms with Crippen molar-refractivity contribution in [2.75, 3.05) is 6.61 Å². The van der Waals surface area contributed by atoms with Crippen LogP contribution in [0.2, 0.25) is 0 Å². The molecule has 0 aliphatic heterocycles. The molecule has 0 rings (SSSR count). The van der Waals surface area contributed by atoms with E-state index in [1.807, 2.05) is 18.2 Å². The van der Waals surface area contributed by atoms with Crippen LogP contribution in [0.3, 0.4) is 0 Å². The fourth-order valence-corrected chi connectivity index (χ4v) is 0.665. The Kier molecular flexibility index (Phi) is 4.60. The molecule has 0 atom stereocenters. The second-order valence-corrected chi connectivity index (χ2v) is 3.62. The van der Waals surface area contributed by atoms with Gasteiger partial charge in [-0.25, -0.2) is 0 Å². The Balaban J connectivity index is 3.89. The molecule has 1 N–H and O–H groups in total. The summed E-state index contributed by atoms with van der Waals surface area (Å²) in [5.74, 6) is 0. The Morgan fingerprint density at radius 2 is 2.08 bits per heavy atom. The van der Waals surface area contributed by atoms with Crippen LogP contribution in [0, 0.1) is 5.41 Å². The van der Waals surface area contributed by atoms with Crippen molar-refractivity contribution in [1.82, 2.24) is 0 Å². The molecule has 0 aromatic heterocycles. The molecule has 0 amide bonds. The Bertz CT molecular complexity index is 187. The van der Waals surface area contributed by atoms with Crippen LogP contribution in [0.15, 0.2) is 37.0 Å². The first kappa shape index (κ1) is 11.2. The fraction of sp³-hybridized carbons (Fsp3) is 0.455. The van der Waals surface area contributed by atoms with E-state index in [9.17, 15) is 0 Å². The Labute approximate surface area is 75.1 Å². The van der Waals surface area contributed by atoms with Crippen molar-refractivity contribution in [3.8, 4) is 0 Å². The van der Waals surface area contributed by atoms with Crippen molar-refractivity contribution in [1.29, 1.82) is 0 Å². The molecule has 0 saturated carbocycles.